The molecule has 2 N–H and O–H groups in total. The van der Waals surface area contributed by atoms with Gasteiger partial charge in [-0.1, -0.05) is 46.4 Å². The van der Waals surface area contributed by atoms with Gasteiger partial charge in [-0.05, 0) is 36.4 Å². The Kier molecular flexibility index (Phi) is 6.71. The van der Waals surface area contributed by atoms with E-state index in [0.717, 1.165) is 0 Å². The van der Waals surface area contributed by atoms with Gasteiger partial charge in [-0.3, -0.25) is 9.79 Å². The number of hydrogen-bond donors (Lipinski definition) is 2. The number of benzene rings is 2. The van der Waals surface area contributed by atoms with Gasteiger partial charge < -0.3 is 9.05 Å². The van der Waals surface area contributed by atoms with E-state index in [2.05, 4.69) is 13.4 Å². The molecule has 2 unspecified atom stereocenters. The molecule has 0 fully saturated rings. The standard InChI is InChI=1S/C12H8Cl4O7P2/c13-7-1-3-11(9(15)5-7)21-24(17,18)23-25(19,20)22-12-4-2-8(14)6-10(12)16/h1-6H,(H,17,18)(H,19,20). The van der Waals surface area contributed by atoms with Gasteiger partial charge in [0.2, 0.25) is 0 Å². The van der Waals surface area contributed by atoms with E-state index >= 15 is 0 Å². The fourth-order valence-electron chi connectivity index (χ4n) is 1.51. The highest BCUT2D eigenvalue weighted by molar-refractivity contribution is 7.61. The van der Waals surface area contributed by atoms with Gasteiger partial charge in [0.1, 0.15) is 11.5 Å². The van der Waals surface area contributed by atoms with Gasteiger partial charge >= 0.3 is 15.6 Å². The smallest absolute Gasteiger partial charge is 0.402 e. The lowest BCUT2D eigenvalue weighted by Crippen LogP contribution is -2.01. The highest BCUT2D eigenvalue weighted by Gasteiger charge is 2.38. The fraction of sp³-hybridized carbons (Fsp3) is 0. The second kappa shape index (κ2) is 8.05. The average molecular weight is 468 g/mol. The van der Waals surface area contributed by atoms with Crippen molar-refractivity contribution in [3.8, 4) is 11.5 Å². The maximum atomic E-state index is 11.9. The van der Waals surface area contributed by atoms with Gasteiger partial charge in [0, 0.05) is 10.0 Å². The lowest BCUT2D eigenvalue weighted by atomic mass is 10.3. The molecule has 0 radical (unpaired) electrons. The molecule has 0 aliphatic carbocycles. The number of halogens is 4. The molecule has 0 amide bonds. The molecule has 25 heavy (non-hydrogen) atoms. The molecule has 136 valence electrons. The van der Waals surface area contributed by atoms with Crippen LogP contribution in [0.2, 0.25) is 20.1 Å². The summed E-state index contributed by atoms with van der Waals surface area (Å²) in [6, 6.07) is 7.48. The highest BCUT2D eigenvalue weighted by Crippen LogP contribution is 2.60. The SMILES string of the molecule is O=P(O)(Oc1ccc(Cl)cc1Cl)OP(=O)(O)Oc1ccc(Cl)cc1Cl. The van der Waals surface area contributed by atoms with Crippen molar-refractivity contribution in [2.75, 3.05) is 0 Å². The van der Waals surface area contributed by atoms with Gasteiger partial charge in [-0.2, -0.15) is 4.31 Å². The molecule has 0 aromatic heterocycles. The quantitative estimate of drug-likeness (QED) is 0.504. The van der Waals surface area contributed by atoms with Crippen molar-refractivity contribution in [1.29, 1.82) is 0 Å². The summed E-state index contributed by atoms with van der Waals surface area (Å²) < 4.78 is 37.3. The molecule has 0 bridgehead atoms. The van der Waals surface area contributed by atoms with E-state index < -0.39 is 15.6 Å². The number of hydrogen-bond acceptors (Lipinski definition) is 5. The minimum absolute atomic E-state index is 0.111. The van der Waals surface area contributed by atoms with Crippen molar-refractivity contribution >= 4 is 62.0 Å². The van der Waals surface area contributed by atoms with Crippen LogP contribution in [0.3, 0.4) is 0 Å². The second-order valence-electron chi connectivity index (χ2n) is 4.35. The van der Waals surface area contributed by atoms with E-state index in [1.165, 1.54) is 36.4 Å². The van der Waals surface area contributed by atoms with Crippen LogP contribution in [-0.4, -0.2) is 9.79 Å². The first-order valence-electron chi connectivity index (χ1n) is 6.14. The number of phosphoric ester groups is 2. The Hall–Kier alpha value is -0.460. The van der Waals surface area contributed by atoms with Gasteiger partial charge in [-0.15, -0.1) is 0 Å². The molecule has 2 aromatic rings. The van der Waals surface area contributed by atoms with Gasteiger partial charge in [0.15, 0.2) is 0 Å². The molecule has 0 saturated carbocycles. The summed E-state index contributed by atoms with van der Waals surface area (Å²) in [5.41, 5.74) is 0. The normalized spacial score (nSPS) is 15.9. The van der Waals surface area contributed by atoms with Crippen LogP contribution in [0.5, 0.6) is 11.5 Å². The largest absolute Gasteiger partial charge is 0.537 e. The zero-order valence-electron chi connectivity index (χ0n) is 11.8. The van der Waals surface area contributed by atoms with Crippen molar-refractivity contribution in [3.05, 3.63) is 56.5 Å². The fourth-order valence-corrected chi connectivity index (χ4v) is 4.64. The first-order chi connectivity index (χ1) is 11.5. The van der Waals surface area contributed by atoms with Gasteiger partial charge in [0.05, 0.1) is 10.0 Å². The molecule has 13 heteroatoms. The monoisotopic (exact) mass is 466 g/mol. The van der Waals surface area contributed by atoms with Crippen molar-refractivity contribution in [1.82, 2.24) is 0 Å². The predicted molar refractivity (Wildman–Crippen MR) is 94.9 cm³/mol. The summed E-state index contributed by atoms with van der Waals surface area (Å²) >= 11 is 22.9. The van der Waals surface area contributed by atoms with E-state index in [0.29, 0.717) is 0 Å². The van der Waals surface area contributed by atoms with Crippen LogP contribution in [0.1, 0.15) is 0 Å². The van der Waals surface area contributed by atoms with Gasteiger partial charge in [0.25, 0.3) is 0 Å². The number of rotatable bonds is 6. The van der Waals surface area contributed by atoms with Crippen LogP contribution in [-0.2, 0) is 13.4 Å². The third-order valence-corrected chi connectivity index (χ3v) is 5.99. The minimum atomic E-state index is -5.07. The second-order valence-corrected chi connectivity index (χ2v) is 8.93. The van der Waals surface area contributed by atoms with E-state index in [1.807, 2.05) is 0 Å². The molecular weight excluding hydrogens is 460 g/mol. The van der Waals surface area contributed by atoms with Crippen molar-refractivity contribution < 1.29 is 32.3 Å². The van der Waals surface area contributed by atoms with Crippen LogP contribution < -0.4 is 9.05 Å². The maximum Gasteiger partial charge on any atom is 0.537 e. The van der Waals surface area contributed by atoms with Crippen molar-refractivity contribution in [2.45, 2.75) is 0 Å². The molecule has 0 aliphatic rings. The Morgan fingerprint density at radius 2 is 1.08 bits per heavy atom. The lowest BCUT2D eigenvalue weighted by molar-refractivity contribution is 0.234. The Morgan fingerprint density at radius 1 is 0.720 bits per heavy atom. The first-order valence-corrected chi connectivity index (χ1v) is 10.6. The molecule has 2 atom stereocenters. The van der Waals surface area contributed by atoms with E-state index in [4.69, 9.17) is 46.4 Å². The predicted octanol–water partition coefficient (Wildman–Crippen LogP) is 5.98. The first kappa shape index (κ1) is 20.8. The maximum absolute atomic E-state index is 11.9. The molecule has 2 aromatic carbocycles. The Morgan fingerprint density at radius 3 is 1.40 bits per heavy atom. The molecule has 0 spiro atoms. The topological polar surface area (TPSA) is 102 Å². The lowest BCUT2D eigenvalue weighted by Gasteiger charge is -2.18. The van der Waals surface area contributed by atoms with E-state index in [-0.39, 0.29) is 31.6 Å². The molecule has 2 rings (SSSR count). The van der Waals surface area contributed by atoms with Crippen LogP contribution in [0.4, 0.5) is 0 Å². The van der Waals surface area contributed by atoms with Crippen LogP contribution >= 0.6 is 62.0 Å². The third-order valence-electron chi connectivity index (χ3n) is 2.42. The molecular formula is C12H8Cl4O7P2. The minimum Gasteiger partial charge on any atom is -0.402 e. The average Bonchev–Trinajstić information content (AvgIpc) is 2.44. The third kappa shape index (κ3) is 6.33. The molecule has 0 heterocycles. The molecule has 0 aliphatic heterocycles. The van der Waals surface area contributed by atoms with Crippen LogP contribution in [0.25, 0.3) is 0 Å². The molecule has 7 nitrogen and oxygen atoms in total. The summed E-state index contributed by atoms with van der Waals surface area (Å²) in [7, 11) is -10.1. The van der Waals surface area contributed by atoms with Crippen molar-refractivity contribution in [2.24, 2.45) is 0 Å². The van der Waals surface area contributed by atoms with E-state index in [9.17, 15) is 18.9 Å². The van der Waals surface area contributed by atoms with E-state index in [1.54, 1.807) is 0 Å². The zero-order valence-corrected chi connectivity index (χ0v) is 16.6. The van der Waals surface area contributed by atoms with Gasteiger partial charge in [-0.25, -0.2) is 9.13 Å². The number of phosphoric acid groups is 2. The Labute approximate surface area is 162 Å². The summed E-state index contributed by atoms with van der Waals surface area (Å²) in [6.45, 7) is 0. The molecule has 0 saturated heterocycles. The zero-order chi connectivity index (χ0) is 18.8. The highest BCUT2D eigenvalue weighted by atomic mass is 35.5. The summed E-state index contributed by atoms with van der Waals surface area (Å²) in [5, 5.41) is 0.277. The Bertz CT molecular complexity index is 820. The van der Waals surface area contributed by atoms with Crippen LogP contribution in [0, 0.1) is 0 Å². The van der Waals surface area contributed by atoms with Crippen LogP contribution in [0.15, 0.2) is 36.4 Å². The summed E-state index contributed by atoms with van der Waals surface area (Å²) in [6.07, 6.45) is 0. The summed E-state index contributed by atoms with van der Waals surface area (Å²) in [5.74, 6) is -0.581. The Balaban J connectivity index is 2.14. The van der Waals surface area contributed by atoms with Crippen molar-refractivity contribution in [3.63, 3.8) is 0 Å². The summed E-state index contributed by atoms with van der Waals surface area (Å²) in [4.78, 5) is 19.3.